The van der Waals surface area contributed by atoms with Crippen LogP contribution < -0.4 is 0 Å². The van der Waals surface area contributed by atoms with E-state index in [4.69, 9.17) is 4.74 Å². The van der Waals surface area contributed by atoms with Gasteiger partial charge in [-0.1, -0.05) is 0 Å². The summed E-state index contributed by atoms with van der Waals surface area (Å²) < 4.78 is 6.45. The summed E-state index contributed by atoms with van der Waals surface area (Å²) in [6.45, 7) is 4.02. The summed E-state index contributed by atoms with van der Waals surface area (Å²) in [5.41, 5.74) is 2.28. The number of esters is 1. The lowest BCUT2D eigenvalue weighted by atomic mass is 10.2. The van der Waals surface area contributed by atoms with Crippen molar-refractivity contribution >= 4 is 11.8 Å². The second kappa shape index (κ2) is 4.08. The molecule has 1 aromatic rings. The molecular weight excluding hydrogens is 208 g/mol. The highest BCUT2D eigenvalue weighted by molar-refractivity contribution is 6.01. The third-order valence-corrected chi connectivity index (χ3v) is 2.68. The lowest BCUT2D eigenvalue weighted by molar-refractivity contribution is -0.144. The minimum absolute atomic E-state index is 0.0945. The van der Waals surface area contributed by atoms with Gasteiger partial charge < -0.3 is 4.74 Å². The van der Waals surface area contributed by atoms with Crippen molar-refractivity contribution in [3.8, 4) is 0 Å². The van der Waals surface area contributed by atoms with E-state index in [2.05, 4.69) is 5.10 Å². The van der Waals surface area contributed by atoms with Crippen LogP contribution in [0.3, 0.4) is 0 Å². The predicted octanol–water partition coefficient (Wildman–Crippen LogP) is 0.884. The number of Topliss-reactive ketones (excluding diaryl/α,β-unsaturated/α-hetero) is 1. The van der Waals surface area contributed by atoms with Gasteiger partial charge in [0.25, 0.3) is 0 Å². The van der Waals surface area contributed by atoms with Gasteiger partial charge in [0.2, 0.25) is 0 Å². The predicted molar refractivity (Wildman–Crippen MR) is 56.2 cm³/mol. The minimum atomic E-state index is -0.313. The zero-order valence-electron chi connectivity index (χ0n) is 9.45. The van der Waals surface area contributed by atoms with Gasteiger partial charge in [-0.15, -0.1) is 0 Å². The number of hydrogen-bond acceptors (Lipinski definition) is 4. The van der Waals surface area contributed by atoms with E-state index in [-0.39, 0.29) is 18.3 Å². The van der Waals surface area contributed by atoms with Crippen molar-refractivity contribution in [2.24, 2.45) is 0 Å². The molecule has 5 heteroatoms. The molecule has 0 aromatic carbocycles. The third kappa shape index (κ3) is 1.73. The average Bonchev–Trinajstić information content (AvgIpc) is 2.72. The van der Waals surface area contributed by atoms with Crippen molar-refractivity contribution in [2.75, 3.05) is 6.61 Å². The van der Waals surface area contributed by atoms with E-state index in [0.717, 1.165) is 5.69 Å². The highest BCUT2D eigenvalue weighted by atomic mass is 16.5. The van der Waals surface area contributed by atoms with Gasteiger partial charge in [0.1, 0.15) is 6.54 Å². The van der Waals surface area contributed by atoms with Crippen molar-refractivity contribution in [3.63, 3.8) is 0 Å². The van der Waals surface area contributed by atoms with Gasteiger partial charge in [0.05, 0.1) is 23.6 Å². The van der Waals surface area contributed by atoms with Gasteiger partial charge in [-0.2, -0.15) is 5.10 Å². The summed E-state index contributed by atoms with van der Waals surface area (Å²) in [5.74, 6) is -0.185. The Labute approximate surface area is 93.4 Å². The molecular formula is C11H14N2O3. The molecule has 1 aliphatic carbocycles. The van der Waals surface area contributed by atoms with E-state index in [1.807, 2.05) is 0 Å². The Morgan fingerprint density at radius 3 is 2.94 bits per heavy atom. The largest absolute Gasteiger partial charge is 0.465 e. The number of fused-ring (bicyclic) bond motifs is 1. The molecule has 0 atom stereocenters. The zero-order chi connectivity index (χ0) is 11.7. The molecule has 0 fully saturated rings. The summed E-state index contributed by atoms with van der Waals surface area (Å²) in [5, 5.41) is 4.20. The summed E-state index contributed by atoms with van der Waals surface area (Å²) in [6, 6.07) is 0. The second-order valence-corrected chi connectivity index (χ2v) is 3.79. The van der Waals surface area contributed by atoms with Gasteiger partial charge in [-0.3, -0.25) is 14.3 Å². The number of aromatic nitrogens is 2. The van der Waals surface area contributed by atoms with Crippen LogP contribution in [-0.4, -0.2) is 28.1 Å². The molecule has 16 heavy (non-hydrogen) atoms. The number of rotatable bonds is 3. The molecule has 0 saturated carbocycles. The van der Waals surface area contributed by atoms with Crippen LogP contribution in [0.2, 0.25) is 0 Å². The van der Waals surface area contributed by atoms with Crippen LogP contribution in [0.1, 0.15) is 35.1 Å². The first-order valence-corrected chi connectivity index (χ1v) is 5.38. The van der Waals surface area contributed by atoms with Crippen LogP contribution in [0.4, 0.5) is 0 Å². The number of carbonyl (C=O) groups is 2. The van der Waals surface area contributed by atoms with E-state index < -0.39 is 0 Å². The summed E-state index contributed by atoms with van der Waals surface area (Å²) in [7, 11) is 0. The molecule has 1 aliphatic rings. The summed E-state index contributed by atoms with van der Waals surface area (Å²) in [4.78, 5) is 22.9. The molecule has 0 saturated heterocycles. The van der Waals surface area contributed by atoms with Gasteiger partial charge in [0, 0.05) is 6.42 Å². The van der Waals surface area contributed by atoms with Crippen molar-refractivity contribution in [2.45, 2.75) is 33.2 Å². The quantitative estimate of drug-likeness (QED) is 0.712. The fraction of sp³-hybridized carbons (Fsp3) is 0.545. The number of aryl methyl sites for hydroxylation is 1. The van der Waals surface area contributed by atoms with Crippen LogP contribution in [0, 0.1) is 6.92 Å². The van der Waals surface area contributed by atoms with Gasteiger partial charge >= 0.3 is 5.97 Å². The van der Waals surface area contributed by atoms with Crippen molar-refractivity contribution < 1.29 is 14.3 Å². The Hall–Kier alpha value is -1.65. The molecule has 0 unspecified atom stereocenters. The van der Waals surface area contributed by atoms with E-state index >= 15 is 0 Å². The fourth-order valence-corrected chi connectivity index (χ4v) is 2.06. The third-order valence-electron chi connectivity index (χ3n) is 2.68. The van der Waals surface area contributed by atoms with E-state index in [9.17, 15) is 9.59 Å². The number of ether oxygens (including phenoxy) is 1. The molecule has 0 N–H and O–H groups in total. The fourth-order valence-electron chi connectivity index (χ4n) is 2.06. The number of hydrogen-bond donors (Lipinski definition) is 0. The molecule has 86 valence electrons. The Morgan fingerprint density at radius 2 is 2.25 bits per heavy atom. The van der Waals surface area contributed by atoms with Gasteiger partial charge in [0.15, 0.2) is 5.78 Å². The molecule has 0 aliphatic heterocycles. The van der Waals surface area contributed by atoms with Crippen LogP contribution >= 0.6 is 0 Å². The molecule has 1 aromatic heterocycles. The SMILES string of the molecule is CCOC(=O)Cn1nc(C)c2c1CCC2=O. The number of nitrogens with zero attached hydrogens (tertiary/aromatic N) is 2. The first-order valence-electron chi connectivity index (χ1n) is 5.38. The maximum atomic E-state index is 11.5. The Kier molecular flexibility index (Phi) is 2.77. The monoisotopic (exact) mass is 222 g/mol. The molecule has 1 heterocycles. The molecule has 0 spiro atoms. The summed E-state index contributed by atoms with van der Waals surface area (Å²) >= 11 is 0. The van der Waals surface area contributed by atoms with Crippen LogP contribution in [0.5, 0.6) is 0 Å². The zero-order valence-corrected chi connectivity index (χ0v) is 9.45. The van der Waals surface area contributed by atoms with Crippen LogP contribution in [-0.2, 0) is 22.5 Å². The Balaban J connectivity index is 2.24. The number of ketones is 1. The standard InChI is InChI=1S/C11H14N2O3/c1-3-16-10(15)6-13-8-4-5-9(14)11(8)7(2)12-13/h3-6H2,1-2H3. The average molecular weight is 222 g/mol. The van der Waals surface area contributed by atoms with E-state index in [1.54, 1.807) is 18.5 Å². The first-order chi connectivity index (χ1) is 7.63. The molecule has 2 rings (SSSR count). The lowest BCUT2D eigenvalue weighted by Gasteiger charge is -2.04. The first kappa shape index (κ1) is 10.9. The van der Waals surface area contributed by atoms with E-state index in [0.29, 0.717) is 30.7 Å². The van der Waals surface area contributed by atoms with Crippen LogP contribution in [0.25, 0.3) is 0 Å². The summed E-state index contributed by atoms with van der Waals surface area (Å²) in [6.07, 6.45) is 1.20. The molecule has 0 bridgehead atoms. The Bertz CT molecular complexity index is 448. The van der Waals surface area contributed by atoms with Crippen LogP contribution in [0.15, 0.2) is 0 Å². The normalized spacial score (nSPS) is 14.0. The highest BCUT2D eigenvalue weighted by Gasteiger charge is 2.27. The maximum absolute atomic E-state index is 11.5. The van der Waals surface area contributed by atoms with E-state index in [1.165, 1.54) is 0 Å². The highest BCUT2D eigenvalue weighted by Crippen LogP contribution is 2.24. The van der Waals surface area contributed by atoms with Gasteiger partial charge in [-0.05, 0) is 20.3 Å². The van der Waals surface area contributed by atoms with Crippen molar-refractivity contribution in [3.05, 3.63) is 17.0 Å². The van der Waals surface area contributed by atoms with Crippen molar-refractivity contribution in [1.82, 2.24) is 9.78 Å². The minimum Gasteiger partial charge on any atom is -0.465 e. The smallest absolute Gasteiger partial charge is 0.327 e. The maximum Gasteiger partial charge on any atom is 0.327 e. The topological polar surface area (TPSA) is 61.2 Å². The lowest BCUT2D eigenvalue weighted by Crippen LogP contribution is -2.16. The molecule has 5 nitrogen and oxygen atoms in total. The van der Waals surface area contributed by atoms with Crippen molar-refractivity contribution in [1.29, 1.82) is 0 Å². The molecule has 0 radical (unpaired) electrons. The Morgan fingerprint density at radius 1 is 1.50 bits per heavy atom. The molecule has 0 amide bonds. The van der Waals surface area contributed by atoms with Gasteiger partial charge in [-0.25, -0.2) is 0 Å². The number of carbonyl (C=O) groups excluding carboxylic acids is 2. The second-order valence-electron chi connectivity index (χ2n) is 3.79.